The van der Waals surface area contributed by atoms with Crippen LogP contribution in [0.2, 0.25) is 0 Å². The van der Waals surface area contributed by atoms with E-state index >= 15 is 0 Å². The van der Waals surface area contributed by atoms with Gasteiger partial charge in [0.1, 0.15) is 5.69 Å². The van der Waals surface area contributed by atoms with Crippen LogP contribution >= 0.6 is 0 Å². The number of nitro groups is 1. The van der Waals surface area contributed by atoms with Crippen molar-refractivity contribution in [1.82, 2.24) is 9.78 Å². The summed E-state index contributed by atoms with van der Waals surface area (Å²) in [6.07, 6.45) is 2.09. The topological polar surface area (TPSA) is 116 Å². The number of aromatic nitrogens is 2. The van der Waals surface area contributed by atoms with E-state index in [9.17, 15) is 19.7 Å². The van der Waals surface area contributed by atoms with Crippen molar-refractivity contribution in [1.29, 1.82) is 0 Å². The van der Waals surface area contributed by atoms with Crippen LogP contribution in [0.4, 0.5) is 11.4 Å². The number of ether oxygens (including phenoxy) is 1. The molecule has 34 heavy (non-hydrogen) atoms. The van der Waals surface area contributed by atoms with E-state index in [-0.39, 0.29) is 16.9 Å². The van der Waals surface area contributed by atoms with Gasteiger partial charge in [0.25, 0.3) is 11.6 Å². The number of nitro benzene ring substituents is 1. The standard InChI is InChI=1S/C25H20N4O5/c1-17-8-13-21(22(16-17)29(32)33)27-24(30)23(18-6-3-2-4-7-18)34-25(31)19-9-11-20(12-10-19)28-15-5-14-26-28/h2-16,23H,1H3,(H,27,30). The van der Waals surface area contributed by atoms with Crippen LogP contribution in [-0.2, 0) is 9.53 Å². The van der Waals surface area contributed by atoms with Gasteiger partial charge in [-0.2, -0.15) is 5.10 Å². The number of hydrogen-bond donors (Lipinski definition) is 1. The number of esters is 1. The Morgan fingerprint density at radius 2 is 1.76 bits per heavy atom. The SMILES string of the molecule is Cc1ccc(NC(=O)C(OC(=O)c2ccc(-n3cccn3)cc2)c2ccccc2)c([N+](=O)[O-])c1. The maximum Gasteiger partial charge on any atom is 0.339 e. The third-order valence-corrected chi connectivity index (χ3v) is 5.05. The maximum absolute atomic E-state index is 13.1. The molecule has 1 heterocycles. The minimum absolute atomic E-state index is 0.0150. The Hall–Kier alpha value is -4.79. The third-order valence-electron chi connectivity index (χ3n) is 5.05. The molecule has 9 nitrogen and oxygen atoms in total. The molecule has 0 aliphatic carbocycles. The maximum atomic E-state index is 13.1. The molecule has 4 aromatic rings. The summed E-state index contributed by atoms with van der Waals surface area (Å²) in [5, 5.41) is 18.1. The van der Waals surface area contributed by atoms with Gasteiger partial charge in [-0.15, -0.1) is 0 Å². The Balaban J connectivity index is 1.58. The number of amides is 1. The molecular formula is C25H20N4O5. The summed E-state index contributed by atoms with van der Waals surface area (Å²) in [5.41, 5.74) is 1.86. The highest BCUT2D eigenvalue weighted by Gasteiger charge is 2.28. The van der Waals surface area contributed by atoms with Crippen molar-refractivity contribution in [2.24, 2.45) is 0 Å². The molecule has 4 rings (SSSR count). The van der Waals surface area contributed by atoms with Crippen molar-refractivity contribution in [2.45, 2.75) is 13.0 Å². The average Bonchev–Trinajstić information content (AvgIpc) is 3.39. The number of nitrogens with one attached hydrogen (secondary N) is 1. The van der Waals surface area contributed by atoms with Crippen LogP contribution in [0.25, 0.3) is 5.69 Å². The quantitative estimate of drug-likeness (QED) is 0.246. The molecule has 0 saturated carbocycles. The first kappa shape index (κ1) is 22.4. The van der Waals surface area contributed by atoms with Crippen molar-refractivity contribution in [2.75, 3.05) is 5.32 Å². The molecule has 1 N–H and O–H groups in total. The second kappa shape index (κ2) is 9.78. The molecule has 0 fully saturated rings. The summed E-state index contributed by atoms with van der Waals surface area (Å²) in [7, 11) is 0. The van der Waals surface area contributed by atoms with Gasteiger partial charge in [-0.3, -0.25) is 14.9 Å². The summed E-state index contributed by atoms with van der Waals surface area (Å²) in [4.78, 5) is 36.9. The highest BCUT2D eigenvalue weighted by molar-refractivity contribution is 5.99. The lowest BCUT2D eigenvalue weighted by Gasteiger charge is -2.18. The smallest absolute Gasteiger partial charge is 0.339 e. The van der Waals surface area contributed by atoms with E-state index in [1.807, 2.05) is 0 Å². The molecule has 0 saturated heterocycles. The fourth-order valence-electron chi connectivity index (χ4n) is 3.34. The van der Waals surface area contributed by atoms with Crippen LogP contribution in [-0.4, -0.2) is 26.6 Å². The van der Waals surface area contributed by atoms with Gasteiger partial charge in [0, 0.05) is 24.0 Å². The zero-order chi connectivity index (χ0) is 24.1. The Morgan fingerprint density at radius 3 is 2.41 bits per heavy atom. The average molecular weight is 456 g/mol. The number of rotatable bonds is 7. The number of hydrogen-bond acceptors (Lipinski definition) is 6. The van der Waals surface area contributed by atoms with Crippen LogP contribution in [0.15, 0.2) is 91.3 Å². The Kier molecular flexibility index (Phi) is 6.45. The molecule has 9 heteroatoms. The van der Waals surface area contributed by atoms with Crippen LogP contribution in [0.5, 0.6) is 0 Å². The van der Waals surface area contributed by atoms with E-state index < -0.39 is 22.9 Å². The van der Waals surface area contributed by atoms with Gasteiger partial charge in [-0.25, -0.2) is 9.48 Å². The van der Waals surface area contributed by atoms with Gasteiger partial charge >= 0.3 is 5.97 Å². The Labute approximate surface area is 194 Å². The molecule has 1 amide bonds. The number of carbonyl (C=O) groups is 2. The number of nitrogens with zero attached hydrogens (tertiary/aromatic N) is 3. The van der Waals surface area contributed by atoms with E-state index in [1.165, 1.54) is 12.1 Å². The highest BCUT2D eigenvalue weighted by atomic mass is 16.6. The number of aryl methyl sites for hydroxylation is 1. The van der Waals surface area contributed by atoms with E-state index in [0.29, 0.717) is 11.1 Å². The van der Waals surface area contributed by atoms with Crippen molar-refractivity contribution in [3.8, 4) is 5.69 Å². The van der Waals surface area contributed by atoms with E-state index in [1.54, 1.807) is 90.7 Å². The summed E-state index contributed by atoms with van der Waals surface area (Å²) < 4.78 is 7.21. The highest BCUT2D eigenvalue weighted by Crippen LogP contribution is 2.28. The lowest BCUT2D eigenvalue weighted by Crippen LogP contribution is -2.26. The zero-order valence-electron chi connectivity index (χ0n) is 18.1. The molecule has 1 unspecified atom stereocenters. The van der Waals surface area contributed by atoms with E-state index in [0.717, 1.165) is 5.69 Å². The van der Waals surface area contributed by atoms with Gasteiger partial charge in [0.15, 0.2) is 0 Å². The van der Waals surface area contributed by atoms with Gasteiger partial charge in [0.2, 0.25) is 6.10 Å². The minimum Gasteiger partial charge on any atom is -0.444 e. The Morgan fingerprint density at radius 1 is 1.03 bits per heavy atom. The summed E-state index contributed by atoms with van der Waals surface area (Å²) in [6, 6.07) is 21.2. The molecule has 0 aliphatic rings. The van der Waals surface area contributed by atoms with Crippen molar-refractivity contribution >= 4 is 23.3 Å². The summed E-state index contributed by atoms with van der Waals surface area (Å²) in [6.45, 7) is 1.71. The fraction of sp³-hybridized carbons (Fsp3) is 0.0800. The molecule has 3 aromatic carbocycles. The van der Waals surface area contributed by atoms with E-state index in [2.05, 4.69) is 10.4 Å². The molecule has 0 spiro atoms. The third kappa shape index (κ3) is 4.99. The predicted molar refractivity (Wildman–Crippen MR) is 125 cm³/mol. The fourth-order valence-corrected chi connectivity index (χ4v) is 3.34. The van der Waals surface area contributed by atoms with Gasteiger partial charge in [-0.1, -0.05) is 36.4 Å². The normalized spacial score (nSPS) is 11.4. The first-order valence-corrected chi connectivity index (χ1v) is 10.3. The second-order valence-electron chi connectivity index (χ2n) is 7.46. The van der Waals surface area contributed by atoms with Crippen molar-refractivity contribution in [3.63, 3.8) is 0 Å². The molecule has 1 aromatic heterocycles. The number of carbonyl (C=O) groups excluding carboxylic acids is 2. The number of benzene rings is 3. The summed E-state index contributed by atoms with van der Waals surface area (Å²) in [5.74, 6) is -1.42. The molecular weight excluding hydrogens is 436 g/mol. The molecule has 0 aliphatic heterocycles. The lowest BCUT2D eigenvalue weighted by atomic mass is 10.1. The van der Waals surface area contributed by atoms with Crippen LogP contribution in [0, 0.1) is 17.0 Å². The Bertz CT molecular complexity index is 1320. The first-order valence-electron chi connectivity index (χ1n) is 10.3. The molecule has 170 valence electrons. The van der Waals surface area contributed by atoms with Gasteiger partial charge in [-0.05, 0) is 48.9 Å². The lowest BCUT2D eigenvalue weighted by molar-refractivity contribution is -0.384. The van der Waals surface area contributed by atoms with Gasteiger partial charge in [0.05, 0.1) is 16.2 Å². The monoisotopic (exact) mass is 456 g/mol. The first-order chi connectivity index (χ1) is 16.4. The number of anilines is 1. The van der Waals surface area contributed by atoms with Crippen molar-refractivity contribution < 1.29 is 19.2 Å². The van der Waals surface area contributed by atoms with Gasteiger partial charge < -0.3 is 10.1 Å². The van der Waals surface area contributed by atoms with Crippen LogP contribution in [0.3, 0.4) is 0 Å². The van der Waals surface area contributed by atoms with E-state index in [4.69, 9.17) is 4.74 Å². The van der Waals surface area contributed by atoms with Crippen molar-refractivity contribution in [3.05, 3.63) is 118 Å². The minimum atomic E-state index is -1.32. The molecule has 0 bridgehead atoms. The van der Waals surface area contributed by atoms with Crippen LogP contribution < -0.4 is 5.32 Å². The van der Waals surface area contributed by atoms with Crippen LogP contribution in [0.1, 0.15) is 27.6 Å². The molecule has 1 atom stereocenters. The molecule has 0 radical (unpaired) electrons. The predicted octanol–water partition coefficient (Wildman–Crippen LogP) is 4.63. The second-order valence-corrected chi connectivity index (χ2v) is 7.46. The largest absolute Gasteiger partial charge is 0.444 e. The zero-order valence-corrected chi connectivity index (χ0v) is 18.1. The summed E-state index contributed by atoms with van der Waals surface area (Å²) >= 11 is 0.